The van der Waals surface area contributed by atoms with Crippen molar-refractivity contribution in [2.24, 2.45) is 0 Å². The van der Waals surface area contributed by atoms with Gasteiger partial charge in [0.15, 0.2) is 6.29 Å². The lowest BCUT2D eigenvalue weighted by Gasteiger charge is -2.03. The Morgan fingerprint density at radius 1 is 1.58 bits per heavy atom. The minimum absolute atomic E-state index is 0.540. The van der Waals surface area contributed by atoms with Crippen molar-refractivity contribution in [2.75, 3.05) is 0 Å². The van der Waals surface area contributed by atoms with E-state index in [9.17, 15) is 4.79 Å². The Kier molecular flexibility index (Phi) is 3.04. The van der Waals surface area contributed by atoms with Crippen LogP contribution in [0.15, 0.2) is 6.07 Å². The molecule has 0 N–H and O–H groups in total. The van der Waals surface area contributed by atoms with E-state index in [1.807, 2.05) is 6.07 Å². The van der Waals surface area contributed by atoms with Crippen molar-refractivity contribution < 1.29 is 4.79 Å². The van der Waals surface area contributed by atoms with Gasteiger partial charge in [-0.15, -0.1) is 11.3 Å². The molecule has 0 radical (unpaired) electrons. The van der Waals surface area contributed by atoms with Crippen molar-refractivity contribution in [2.45, 2.75) is 33.1 Å². The molecule has 66 valence electrons. The second-order valence-corrected chi connectivity index (χ2v) is 4.28. The third-order valence-corrected chi connectivity index (χ3v) is 3.29. The van der Waals surface area contributed by atoms with Gasteiger partial charge in [0.2, 0.25) is 0 Å². The van der Waals surface area contributed by atoms with E-state index < -0.39 is 0 Å². The van der Waals surface area contributed by atoms with Crippen LogP contribution in [-0.4, -0.2) is 6.29 Å². The van der Waals surface area contributed by atoms with Gasteiger partial charge in [0, 0.05) is 4.88 Å². The molecule has 2 heteroatoms. The zero-order chi connectivity index (χ0) is 9.14. The first-order valence-corrected chi connectivity index (χ1v) is 5.08. The molecule has 0 fully saturated rings. The highest BCUT2D eigenvalue weighted by molar-refractivity contribution is 7.13. The molecule has 0 saturated heterocycles. The third kappa shape index (κ3) is 1.75. The van der Waals surface area contributed by atoms with Crippen LogP contribution < -0.4 is 0 Å². The lowest BCUT2D eigenvalue weighted by Crippen LogP contribution is -1.87. The maximum atomic E-state index is 10.5. The monoisotopic (exact) mass is 182 g/mol. The molecule has 12 heavy (non-hydrogen) atoms. The Morgan fingerprint density at radius 3 is 2.58 bits per heavy atom. The van der Waals surface area contributed by atoms with Gasteiger partial charge in [-0.2, -0.15) is 0 Å². The molecule has 0 aliphatic heterocycles. The first-order chi connectivity index (χ1) is 5.69. The summed E-state index contributed by atoms with van der Waals surface area (Å²) >= 11 is 1.62. The summed E-state index contributed by atoms with van der Waals surface area (Å²) in [6, 6.07) is 2.01. The van der Waals surface area contributed by atoms with Gasteiger partial charge in [-0.05, 0) is 24.0 Å². The summed E-state index contributed by atoms with van der Waals surface area (Å²) in [5, 5.41) is 0. The number of carbonyl (C=O) groups is 1. The molecule has 0 amide bonds. The SMILES string of the molecule is CCc1cc(C=O)sc1C(C)C. The van der Waals surface area contributed by atoms with Gasteiger partial charge in [0.25, 0.3) is 0 Å². The maximum absolute atomic E-state index is 10.5. The van der Waals surface area contributed by atoms with E-state index >= 15 is 0 Å². The zero-order valence-corrected chi connectivity index (χ0v) is 8.57. The number of hydrogen-bond acceptors (Lipinski definition) is 2. The van der Waals surface area contributed by atoms with Gasteiger partial charge >= 0.3 is 0 Å². The van der Waals surface area contributed by atoms with Crippen LogP contribution in [0.1, 0.15) is 46.8 Å². The van der Waals surface area contributed by atoms with Gasteiger partial charge < -0.3 is 0 Å². The molecule has 0 aromatic carbocycles. The maximum Gasteiger partial charge on any atom is 0.160 e. The van der Waals surface area contributed by atoms with Gasteiger partial charge in [-0.3, -0.25) is 4.79 Å². The highest BCUT2D eigenvalue weighted by Gasteiger charge is 2.09. The van der Waals surface area contributed by atoms with Crippen molar-refractivity contribution in [1.29, 1.82) is 0 Å². The van der Waals surface area contributed by atoms with Crippen LogP contribution in [0, 0.1) is 0 Å². The van der Waals surface area contributed by atoms with Crippen molar-refractivity contribution in [3.05, 3.63) is 21.4 Å². The highest BCUT2D eigenvalue weighted by Crippen LogP contribution is 2.28. The second kappa shape index (κ2) is 3.85. The van der Waals surface area contributed by atoms with Crippen molar-refractivity contribution in [3.8, 4) is 0 Å². The molecule has 0 aliphatic carbocycles. The molecule has 0 bridgehead atoms. The summed E-state index contributed by atoms with van der Waals surface area (Å²) in [5.74, 6) is 0.540. The summed E-state index contributed by atoms with van der Waals surface area (Å²) in [6.45, 7) is 6.46. The Hall–Kier alpha value is -0.630. The predicted octanol–water partition coefficient (Wildman–Crippen LogP) is 3.25. The molecule has 1 nitrogen and oxygen atoms in total. The van der Waals surface area contributed by atoms with E-state index in [0.29, 0.717) is 5.92 Å². The Bertz CT molecular complexity index is 273. The Balaban J connectivity index is 3.07. The Morgan fingerprint density at radius 2 is 2.25 bits per heavy atom. The number of rotatable bonds is 3. The van der Waals surface area contributed by atoms with Crippen molar-refractivity contribution >= 4 is 17.6 Å². The topological polar surface area (TPSA) is 17.1 Å². The van der Waals surface area contributed by atoms with Crippen LogP contribution in [0.2, 0.25) is 0 Å². The van der Waals surface area contributed by atoms with E-state index in [1.165, 1.54) is 10.4 Å². The fourth-order valence-corrected chi connectivity index (χ4v) is 2.36. The first kappa shape index (κ1) is 9.46. The molecule has 0 atom stereocenters. The molecule has 0 saturated carbocycles. The summed E-state index contributed by atoms with van der Waals surface area (Å²) in [4.78, 5) is 12.7. The molecule has 0 unspecified atom stereocenters. The first-order valence-electron chi connectivity index (χ1n) is 4.26. The number of aldehydes is 1. The van der Waals surface area contributed by atoms with E-state index in [2.05, 4.69) is 20.8 Å². The van der Waals surface area contributed by atoms with E-state index in [4.69, 9.17) is 0 Å². The van der Waals surface area contributed by atoms with Gasteiger partial charge in [0.05, 0.1) is 4.88 Å². The minimum Gasteiger partial charge on any atom is -0.297 e. The van der Waals surface area contributed by atoms with Crippen LogP contribution >= 0.6 is 11.3 Å². The predicted molar refractivity (Wildman–Crippen MR) is 53.2 cm³/mol. The van der Waals surface area contributed by atoms with Gasteiger partial charge in [0.1, 0.15) is 0 Å². The zero-order valence-electron chi connectivity index (χ0n) is 7.76. The van der Waals surface area contributed by atoms with Crippen LogP contribution in [0.3, 0.4) is 0 Å². The smallest absolute Gasteiger partial charge is 0.160 e. The van der Waals surface area contributed by atoms with Crippen LogP contribution in [0.25, 0.3) is 0 Å². The summed E-state index contributed by atoms with van der Waals surface area (Å²) in [5.41, 5.74) is 1.33. The number of carbonyl (C=O) groups excluding carboxylic acids is 1. The molecular weight excluding hydrogens is 168 g/mol. The Labute approximate surface area is 77.4 Å². The molecule has 1 aromatic rings. The molecule has 1 rings (SSSR count). The van der Waals surface area contributed by atoms with Crippen molar-refractivity contribution in [1.82, 2.24) is 0 Å². The average molecular weight is 182 g/mol. The number of aryl methyl sites for hydroxylation is 1. The minimum atomic E-state index is 0.540. The summed E-state index contributed by atoms with van der Waals surface area (Å²) < 4.78 is 0. The number of hydrogen-bond donors (Lipinski definition) is 0. The van der Waals surface area contributed by atoms with Crippen LogP contribution in [0.5, 0.6) is 0 Å². The lowest BCUT2D eigenvalue weighted by atomic mass is 10.1. The quantitative estimate of drug-likeness (QED) is 0.656. The standard InChI is InChI=1S/C10H14OS/c1-4-8-5-9(6-11)12-10(8)7(2)3/h5-7H,4H2,1-3H3. The fraction of sp³-hybridized carbons (Fsp3) is 0.500. The molecule has 0 aliphatic rings. The number of thiophene rings is 1. The van der Waals surface area contributed by atoms with Gasteiger partial charge in [-0.25, -0.2) is 0 Å². The van der Waals surface area contributed by atoms with Crippen LogP contribution in [0.4, 0.5) is 0 Å². The fourth-order valence-electron chi connectivity index (χ4n) is 1.29. The van der Waals surface area contributed by atoms with E-state index in [0.717, 1.165) is 17.6 Å². The molecule has 0 spiro atoms. The molecular formula is C10H14OS. The van der Waals surface area contributed by atoms with Crippen molar-refractivity contribution in [3.63, 3.8) is 0 Å². The highest BCUT2D eigenvalue weighted by atomic mass is 32.1. The second-order valence-electron chi connectivity index (χ2n) is 3.16. The van der Waals surface area contributed by atoms with E-state index in [1.54, 1.807) is 11.3 Å². The van der Waals surface area contributed by atoms with Crippen LogP contribution in [-0.2, 0) is 6.42 Å². The average Bonchev–Trinajstić information content (AvgIpc) is 2.47. The van der Waals surface area contributed by atoms with Gasteiger partial charge in [-0.1, -0.05) is 20.8 Å². The molecule has 1 aromatic heterocycles. The summed E-state index contributed by atoms with van der Waals surface area (Å²) in [6.07, 6.45) is 1.97. The normalized spacial score (nSPS) is 10.7. The summed E-state index contributed by atoms with van der Waals surface area (Å²) in [7, 11) is 0. The largest absolute Gasteiger partial charge is 0.297 e. The van der Waals surface area contributed by atoms with E-state index in [-0.39, 0.29) is 0 Å². The lowest BCUT2D eigenvalue weighted by molar-refractivity contribution is 0.112. The molecule has 1 heterocycles. The third-order valence-electron chi connectivity index (χ3n) is 1.88.